The first-order valence-electron chi connectivity index (χ1n) is 8.03. The highest BCUT2D eigenvalue weighted by Gasteiger charge is 2.16. The zero-order chi connectivity index (χ0) is 16.4. The van der Waals surface area contributed by atoms with Crippen LogP contribution in [0.15, 0.2) is 4.79 Å². The highest BCUT2D eigenvalue weighted by atomic mass is 35.5. The van der Waals surface area contributed by atoms with Crippen molar-refractivity contribution in [2.24, 2.45) is 0 Å². The SMILES string of the molecule is Cc1sc2nc(CCC(=O)N3CCCNCC3)[nH]c(=O)c2c1C.Cl. The van der Waals surface area contributed by atoms with Crippen LogP contribution in [0.3, 0.4) is 0 Å². The van der Waals surface area contributed by atoms with E-state index in [4.69, 9.17) is 0 Å². The van der Waals surface area contributed by atoms with Crippen LogP contribution in [0.5, 0.6) is 0 Å². The number of nitrogens with one attached hydrogen (secondary N) is 2. The molecule has 1 fully saturated rings. The van der Waals surface area contributed by atoms with Crippen molar-refractivity contribution in [3.05, 3.63) is 26.6 Å². The zero-order valence-corrected chi connectivity index (χ0v) is 15.6. The van der Waals surface area contributed by atoms with Gasteiger partial charge in [0.25, 0.3) is 5.56 Å². The van der Waals surface area contributed by atoms with E-state index in [2.05, 4.69) is 15.3 Å². The van der Waals surface area contributed by atoms with E-state index in [1.807, 2.05) is 18.7 Å². The molecule has 0 unspecified atom stereocenters. The van der Waals surface area contributed by atoms with Crippen molar-refractivity contribution in [1.82, 2.24) is 20.2 Å². The fourth-order valence-electron chi connectivity index (χ4n) is 2.90. The van der Waals surface area contributed by atoms with Crippen molar-refractivity contribution in [2.75, 3.05) is 26.2 Å². The standard InChI is InChI=1S/C16H22N4O2S.ClH/c1-10-11(2)23-16-14(10)15(22)18-12(19-16)4-5-13(21)20-8-3-6-17-7-9-20;/h17H,3-9H2,1-2H3,(H,18,19,22);1H. The number of hydrogen-bond acceptors (Lipinski definition) is 5. The van der Waals surface area contributed by atoms with E-state index in [9.17, 15) is 9.59 Å². The molecule has 1 aliphatic rings. The molecule has 132 valence electrons. The van der Waals surface area contributed by atoms with Crippen LogP contribution in [0.2, 0.25) is 0 Å². The van der Waals surface area contributed by atoms with Gasteiger partial charge in [-0.3, -0.25) is 9.59 Å². The highest BCUT2D eigenvalue weighted by Crippen LogP contribution is 2.25. The van der Waals surface area contributed by atoms with Gasteiger partial charge < -0.3 is 15.2 Å². The Morgan fingerprint density at radius 1 is 1.29 bits per heavy atom. The third-order valence-corrected chi connectivity index (χ3v) is 5.46. The highest BCUT2D eigenvalue weighted by molar-refractivity contribution is 7.18. The number of aryl methyl sites for hydroxylation is 3. The molecular weight excluding hydrogens is 348 g/mol. The molecule has 24 heavy (non-hydrogen) atoms. The first-order valence-corrected chi connectivity index (χ1v) is 8.85. The third kappa shape index (κ3) is 3.96. The lowest BCUT2D eigenvalue weighted by Gasteiger charge is -2.19. The van der Waals surface area contributed by atoms with Crippen LogP contribution in [0.25, 0.3) is 10.2 Å². The number of carbonyl (C=O) groups excluding carboxylic acids is 1. The Kier molecular flexibility index (Phi) is 6.37. The number of H-pyrrole nitrogens is 1. The molecule has 0 spiro atoms. The van der Waals surface area contributed by atoms with Gasteiger partial charge in [-0.1, -0.05) is 0 Å². The summed E-state index contributed by atoms with van der Waals surface area (Å²) >= 11 is 1.54. The molecule has 0 radical (unpaired) electrons. The van der Waals surface area contributed by atoms with Gasteiger partial charge >= 0.3 is 0 Å². The van der Waals surface area contributed by atoms with E-state index in [0.29, 0.717) is 24.1 Å². The van der Waals surface area contributed by atoms with Crippen LogP contribution < -0.4 is 10.9 Å². The summed E-state index contributed by atoms with van der Waals surface area (Å²) in [7, 11) is 0. The van der Waals surface area contributed by atoms with E-state index < -0.39 is 0 Å². The largest absolute Gasteiger partial charge is 0.341 e. The van der Waals surface area contributed by atoms with Gasteiger partial charge in [0, 0.05) is 37.4 Å². The van der Waals surface area contributed by atoms with Gasteiger partial charge in [-0.15, -0.1) is 23.7 Å². The minimum absolute atomic E-state index is 0. The molecule has 0 atom stereocenters. The average molecular weight is 371 g/mol. The van der Waals surface area contributed by atoms with Gasteiger partial charge in [0.15, 0.2) is 0 Å². The van der Waals surface area contributed by atoms with Gasteiger partial charge in [-0.25, -0.2) is 4.98 Å². The first kappa shape index (κ1) is 18.9. The number of aromatic nitrogens is 2. The Labute approximate surface area is 151 Å². The number of aromatic amines is 1. The van der Waals surface area contributed by atoms with Crippen LogP contribution in [-0.2, 0) is 11.2 Å². The van der Waals surface area contributed by atoms with E-state index in [0.717, 1.165) is 47.9 Å². The number of hydrogen-bond donors (Lipinski definition) is 2. The van der Waals surface area contributed by atoms with Gasteiger partial charge in [0.1, 0.15) is 10.7 Å². The number of thiophene rings is 1. The summed E-state index contributed by atoms with van der Waals surface area (Å²) in [6.07, 6.45) is 1.85. The summed E-state index contributed by atoms with van der Waals surface area (Å²) in [5.74, 6) is 0.736. The monoisotopic (exact) mass is 370 g/mol. The average Bonchev–Trinajstić information content (AvgIpc) is 2.73. The van der Waals surface area contributed by atoms with Gasteiger partial charge in [0.05, 0.1) is 5.39 Å². The van der Waals surface area contributed by atoms with Crippen molar-refractivity contribution in [2.45, 2.75) is 33.1 Å². The predicted octanol–water partition coefficient (Wildman–Crippen LogP) is 1.78. The van der Waals surface area contributed by atoms with Crippen molar-refractivity contribution >= 4 is 39.9 Å². The Balaban J connectivity index is 0.00000208. The zero-order valence-electron chi connectivity index (χ0n) is 14.0. The van der Waals surface area contributed by atoms with Crippen molar-refractivity contribution in [1.29, 1.82) is 0 Å². The second-order valence-electron chi connectivity index (χ2n) is 5.96. The molecule has 2 aromatic rings. The second kappa shape index (κ2) is 8.09. The fraction of sp³-hybridized carbons (Fsp3) is 0.562. The molecule has 0 aliphatic carbocycles. The number of rotatable bonds is 3. The number of amides is 1. The fourth-order valence-corrected chi connectivity index (χ4v) is 3.95. The van der Waals surface area contributed by atoms with E-state index >= 15 is 0 Å². The third-order valence-electron chi connectivity index (χ3n) is 4.36. The summed E-state index contributed by atoms with van der Waals surface area (Å²) in [4.78, 5) is 35.7. The Morgan fingerprint density at radius 2 is 2.08 bits per heavy atom. The van der Waals surface area contributed by atoms with E-state index in [1.165, 1.54) is 11.3 Å². The lowest BCUT2D eigenvalue weighted by molar-refractivity contribution is -0.131. The van der Waals surface area contributed by atoms with E-state index in [-0.39, 0.29) is 23.9 Å². The Hall–Kier alpha value is -1.44. The molecule has 0 bridgehead atoms. The molecule has 3 rings (SSSR count). The Morgan fingerprint density at radius 3 is 2.88 bits per heavy atom. The second-order valence-corrected chi connectivity index (χ2v) is 7.16. The number of carbonyl (C=O) groups is 1. The van der Waals surface area contributed by atoms with Crippen LogP contribution in [0, 0.1) is 13.8 Å². The van der Waals surface area contributed by atoms with E-state index in [1.54, 1.807) is 0 Å². The van der Waals surface area contributed by atoms with Crippen molar-refractivity contribution < 1.29 is 4.79 Å². The summed E-state index contributed by atoms with van der Waals surface area (Å²) in [5, 5.41) is 3.97. The maximum absolute atomic E-state index is 12.3. The van der Waals surface area contributed by atoms with Gasteiger partial charge in [-0.05, 0) is 32.4 Å². The molecule has 0 saturated carbocycles. The van der Waals surface area contributed by atoms with Crippen LogP contribution in [0.1, 0.15) is 29.1 Å². The summed E-state index contributed by atoms with van der Waals surface area (Å²) in [6, 6.07) is 0. The number of halogens is 1. The molecule has 2 aromatic heterocycles. The Bertz CT molecular complexity index is 778. The molecule has 1 aliphatic heterocycles. The van der Waals surface area contributed by atoms with Crippen molar-refractivity contribution in [3.63, 3.8) is 0 Å². The van der Waals surface area contributed by atoms with Crippen LogP contribution >= 0.6 is 23.7 Å². The summed E-state index contributed by atoms with van der Waals surface area (Å²) in [6.45, 7) is 7.32. The first-order chi connectivity index (χ1) is 11.1. The lowest BCUT2D eigenvalue weighted by atomic mass is 10.2. The minimum Gasteiger partial charge on any atom is -0.341 e. The molecule has 1 saturated heterocycles. The smallest absolute Gasteiger partial charge is 0.259 e. The van der Waals surface area contributed by atoms with Crippen LogP contribution in [-0.4, -0.2) is 47.0 Å². The van der Waals surface area contributed by atoms with Gasteiger partial charge in [0.2, 0.25) is 5.91 Å². The maximum atomic E-state index is 12.3. The quantitative estimate of drug-likeness (QED) is 0.863. The molecule has 3 heterocycles. The van der Waals surface area contributed by atoms with Crippen LogP contribution in [0.4, 0.5) is 0 Å². The topological polar surface area (TPSA) is 78.1 Å². The summed E-state index contributed by atoms with van der Waals surface area (Å²) in [5.41, 5.74) is 0.900. The summed E-state index contributed by atoms with van der Waals surface area (Å²) < 4.78 is 0. The molecule has 6 nitrogen and oxygen atoms in total. The van der Waals surface area contributed by atoms with Crippen molar-refractivity contribution in [3.8, 4) is 0 Å². The molecular formula is C16H23ClN4O2S. The van der Waals surface area contributed by atoms with Gasteiger partial charge in [-0.2, -0.15) is 0 Å². The normalized spacial score (nSPS) is 15.2. The molecule has 0 aromatic carbocycles. The molecule has 1 amide bonds. The number of fused-ring (bicyclic) bond motifs is 1. The molecule has 8 heteroatoms. The molecule has 2 N–H and O–H groups in total. The minimum atomic E-state index is -0.0988. The lowest BCUT2D eigenvalue weighted by Crippen LogP contribution is -2.34. The number of nitrogens with zero attached hydrogens (tertiary/aromatic N) is 2. The predicted molar refractivity (Wildman–Crippen MR) is 99.4 cm³/mol. The maximum Gasteiger partial charge on any atom is 0.259 e.